The van der Waals surface area contributed by atoms with Crippen LogP contribution in [0.5, 0.6) is 0 Å². The molecule has 4 aromatic carbocycles. The van der Waals surface area contributed by atoms with E-state index in [0.717, 1.165) is 11.4 Å². The van der Waals surface area contributed by atoms with Crippen molar-refractivity contribution in [3.8, 4) is 11.1 Å². The van der Waals surface area contributed by atoms with E-state index >= 15 is 0 Å². The highest BCUT2D eigenvalue weighted by atomic mass is 14.5. The number of hydrogen-bond acceptors (Lipinski definition) is 2. The molecule has 0 unspecified atom stereocenters. The lowest BCUT2D eigenvalue weighted by Crippen LogP contribution is -2.04. The Hall–Kier alpha value is -3.52. The summed E-state index contributed by atoms with van der Waals surface area (Å²) >= 11 is 0. The van der Waals surface area contributed by atoms with E-state index in [-0.39, 0.29) is 5.92 Å². The summed E-state index contributed by atoms with van der Waals surface area (Å²) < 4.78 is 0. The van der Waals surface area contributed by atoms with Gasteiger partial charge in [-0.15, -0.1) is 0 Å². The zero-order valence-corrected chi connectivity index (χ0v) is 15.0. The molecule has 0 heterocycles. The van der Waals surface area contributed by atoms with Gasteiger partial charge in [-0.3, -0.25) is 0 Å². The third-order valence-corrected chi connectivity index (χ3v) is 4.89. The van der Waals surface area contributed by atoms with Crippen LogP contribution in [0.1, 0.15) is 22.6 Å². The third-order valence-electron chi connectivity index (χ3n) is 4.89. The summed E-state index contributed by atoms with van der Waals surface area (Å²) in [4.78, 5) is 0. The number of nitrogens with two attached hydrogens (primary N) is 2. The minimum Gasteiger partial charge on any atom is -0.399 e. The van der Waals surface area contributed by atoms with E-state index in [9.17, 15) is 0 Å². The van der Waals surface area contributed by atoms with E-state index in [1.807, 2.05) is 30.3 Å². The van der Waals surface area contributed by atoms with Crippen LogP contribution in [-0.4, -0.2) is 0 Å². The molecule has 0 saturated carbocycles. The number of hydrogen-bond donors (Lipinski definition) is 2. The van der Waals surface area contributed by atoms with Crippen LogP contribution in [0.2, 0.25) is 0 Å². The lowest BCUT2D eigenvalue weighted by atomic mass is 9.84. The fraction of sp³-hybridized carbons (Fsp3) is 0.0400. The number of anilines is 2. The zero-order valence-electron chi connectivity index (χ0n) is 15.0. The highest BCUT2D eigenvalue weighted by molar-refractivity contribution is 5.64. The van der Waals surface area contributed by atoms with Crippen LogP contribution in [-0.2, 0) is 0 Å². The van der Waals surface area contributed by atoms with Crippen molar-refractivity contribution in [2.24, 2.45) is 0 Å². The molecule has 4 rings (SSSR count). The largest absolute Gasteiger partial charge is 0.399 e. The summed E-state index contributed by atoms with van der Waals surface area (Å²) in [7, 11) is 0. The molecule has 0 aliphatic carbocycles. The summed E-state index contributed by atoms with van der Waals surface area (Å²) in [6, 6.07) is 35.4. The minimum atomic E-state index is 0.135. The molecule has 0 atom stereocenters. The normalized spacial score (nSPS) is 10.9. The molecule has 0 spiro atoms. The van der Waals surface area contributed by atoms with Crippen LogP contribution in [0.15, 0.2) is 103 Å². The highest BCUT2D eigenvalue weighted by Crippen LogP contribution is 2.34. The van der Waals surface area contributed by atoms with Crippen molar-refractivity contribution in [1.82, 2.24) is 0 Å². The molecule has 0 aliphatic heterocycles. The first-order valence-corrected chi connectivity index (χ1v) is 9.07. The van der Waals surface area contributed by atoms with Gasteiger partial charge in [0.2, 0.25) is 0 Å². The quantitative estimate of drug-likeness (QED) is 0.366. The molecule has 0 radical (unpaired) electrons. The first-order valence-electron chi connectivity index (χ1n) is 9.07. The molecule has 0 bridgehead atoms. The van der Waals surface area contributed by atoms with Crippen molar-refractivity contribution in [3.63, 3.8) is 0 Å². The molecule has 27 heavy (non-hydrogen) atoms. The van der Waals surface area contributed by atoms with Gasteiger partial charge >= 0.3 is 0 Å². The highest BCUT2D eigenvalue weighted by Gasteiger charge is 2.17. The first-order chi connectivity index (χ1) is 13.2. The van der Waals surface area contributed by atoms with E-state index in [1.54, 1.807) is 0 Å². The molecule has 0 amide bonds. The predicted octanol–water partition coefficient (Wildman–Crippen LogP) is 5.70. The van der Waals surface area contributed by atoms with E-state index in [0.29, 0.717) is 0 Å². The van der Waals surface area contributed by atoms with Gasteiger partial charge in [-0.25, -0.2) is 0 Å². The maximum Gasteiger partial charge on any atom is 0.0340 e. The van der Waals surface area contributed by atoms with Crippen molar-refractivity contribution in [1.29, 1.82) is 0 Å². The van der Waals surface area contributed by atoms with Crippen LogP contribution in [0.4, 0.5) is 11.4 Å². The summed E-state index contributed by atoms with van der Waals surface area (Å²) in [6.07, 6.45) is 0. The van der Waals surface area contributed by atoms with Gasteiger partial charge in [0.25, 0.3) is 0 Å². The Kier molecular flexibility index (Phi) is 4.63. The molecule has 4 N–H and O–H groups in total. The van der Waals surface area contributed by atoms with Crippen LogP contribution >= 0.6 is 0 Å². The second-order valence-corrected chi connectivity index (χ2v) is 6.75. The van der Waals surface area contributed by atoms with E-state index < -0.39 is 0 Å². The van der Waals surface area contributed by atoms with Gasteiger partial charge in [-0.2, -0.15) is 0 Å². The van der Waals surface area contributed by atoms with E-state index in [4.69, 9.17) is 11.5 Å². The average Bonchev–Trinajstić information content (AvgIpc) is 2.72. The number of benzene rings is 4. The van der Waals surface area contributed by atoms with Gasteiger partial charge in [-0.05, 0) is 52.1 Å². The van der Waals surface area contributed by atoms with Crippen LogP contribution in [0.25, 0.3) is 11.1 Å². The van der Waals surface area contributed by atoms with Gasteiger partial charge in [-0.1, -0.05) is 78.9 Å². The Balaban J connectivity index is 1.76. The lowest BCUT2D eigenvalue weighted by molar-refractivity contribution is 0.978. The predicted molar refractivity (Wildman–Crippen MR) is 115 cm³/mol. The van der Waals surface area contributed by atoms with Crippen molar-refractivity contribution >= 4 is 11.4 Å². The molecule has 132 valence electrons. The number of rotatable bonds is 4. The average molecular weight is 350 g/mol. The molecular weight excluding hydrogens is 328 g/mol. The smallest absolute Gasteiger partial charge is 0.0340 e. The van der Waals surface area contributed by atoms with E-state index in [2.05, 4.69) is 72.8 Å². The summed E-state index contributed by atoms with van der Waals surface area (Å²) in [5, 5.41) is 0. The minimum absolute atomic E-state index is 0.135. The maximum atomic E-state index is 5.89. The van der Waals surface area contributed by atoms with Crippen molar-refractivity contribution < 1.29 is 0 Å². The fourth-order valence-electron chi connectivity index (χ4n) is 3.45. The summed E-state index contributed by atoms with van der Waals surface area (Å²) in [5.74, 6) is 0.135. The molecule has 0 saturated heterocycles. The van der Waals surface area contributed by atoms with Crippen LogP contribution in [0, 0.1) is 0 Å². The van der Waals surface area contributed by atoms with Gasteiger partial charge in [0.05, 0.1) is 0 Å². The fourth-order valence-corrected chi connectivity index (χ4v) is 3.45. The first kappa shape index (κ1) is 16.9. The van der Waals surface area contributed by atoms with E-state index in [1.165, 1.54) is 27.8 Å². The molecule has 0 fully saturated rings. The van der Waals surface area contributed by atoms with Crippen molar-refractivity contribution in [2.45, 2.75) is 5.92 Å². The zero-order chi connectivity index (χ0) is 18.6. The lowest BCUT2D eigenvalue weighted by Gasteiger charge is -2.20. The topological polar surface area (TPSA) is 52.0 Å². The molecular formula is C25H22N2. The molecule has 0 aliphatic rings. The van der Waals surface area contributed by atoms with Crippen molar-refractivity contribution in [3.05, 3.63) is 120 Å². The van der Waals surface area contributed by atoms with Gasteiger partial charge in [0.15, 0.2) is 0 Å². The molecule has 0 aromatic heterocycles. The number of nitrogen functional groups attached to an aromatic ring is 2. The monoisotopic (exact) mass is 350 g/mol. The Bertz CT molecular complexity index is 957. The second-order valence-electron chi connectivity index (χ2n) is 6.75. The van der Waals surface area contributed by atoms with Gasteiger partial charge in [0, 0.05) is 17.3 Å². The molecule has 2 nitrogen and oxygen atoms in total. The van der Waals surface area contributed by atoms with Crippen LogP contribution < -0.4 is 11.5 Å². The van der Waals surface area contributed by atoms with Gasteiger partial charge in [0.1, 0.15) is 0 Å². The molecule has 4 aromatic rings. The summed E-state index contributed by atoms with van der Waals surface area (Å²) in [5.41, 5.74) is 19.4. The van der Waals surface area contributed by atoms with Gasteiger partial charge < -0.3 is 11.5 Å². The maximum absolute atomic E-state index is 5.89. The second kappa shape index (κ2) is 7.38. The summed E-state index contributed by atoms with van der Waals surface area (Å²) in [6.45, 7) is 0. The molecule has 2 heteroatoms. The van der Waals surface area contributed by atoms with Crippen LogP contribution in [0.3, 0.4) is 0 Å². The standard InChI is InChI=1S/C25H22N2/c26-23-14-10-21(11-15-23)25(22-12-16-24(27)17-13-22)20-8-6-19(7-9-20)18-4-2-1-3-5-18/h1-17,25H,26-27H2. The Morgan fingerprint density at radius 1 is 0.407 bits per heavy atom. The third kappa shape index (κ3) is 3.70. The Morgan fingerprint density at radius 3 is 1.22 bits per heavy atom. The Morgan fingerprint density at radius 2 is 0.778 bits per heavy atom. The SMILES string of the molecule is Nc1ccc(C(c2ccc(N)cc2)c2ccc(-c3ccccc3)cc2)cc1. The van der Waals surface area contributed by atoms with Crippen molar-refractivity contribution in [2.75, 3.05) is 11.5 Å². The Labute approximate surface area is 160 Å².